The van der Waals surface area contributed by atoms with Crippen molar-refractivity contribution in [2.24, 2.45) is 0 Å². The number of pyridine rings is 1. The van der Waals surface area contributed by atoms with Gasteiger partial charge in [0.2, 0.25) is 5.95 Å². The highest BCUT2D eigenvalue weighted by atomic mass is 32.1. The van der Waals surface area contributed by atoms with Gasteiger partial charge in [0.1, 0.15) is 16.3 Å². The Bertz CT molecular complexity index is 1310. The van der Waals surface area contributed by atoms with Gasteiger partial charge in [-0.25, -0.2) is 4.98 Å². The van der Waals surface area contributed by atoms with Crippen molar-refractivity contribution in [1.82, 2.24) is 30.0 Å². The highest BCUT2D eigenvalue weighted by molar-refractivity contribution is 7.16. The summed E-state index contributed by atoms with van der Waals surface area (Å²) in [7, 11) is 0. The number of carbonyl (C=O) groups is 1. The minimum absolute atomic E-state index is 0.0470. The maximum absolute atomic E-state index is 13.2. The monoisotopic (exact) mass is 474 g/mol. The molecule has 6 heterocycles. The van der Waals surface area contributed by atoms with E-state index in [0.29, 0.717) is 11.6 Å². The zero-order chi connectivity index (χ0) is 23.1. The molecule has 2 aliphatic heterocycles. The first-order chi connectivity index (χ1) is 16.6. The fourth-order valence-corrected chi connectivity index (χ4v) is 6.02. The molecule has 0 spiro atoms. The van der Waals surface area contributed by atoms with E-state index in [-0.39, 0.29) is 24.0 Å². The number of amides is 1. The summed E-state index contributed by atoms with van der Waals surface area (Å²) < 4.78 is 0. The number of rotatable bonds is 5. The minimum atomic E-state index is 0.0470. The summed E-state index contributed by atoms with van der Waals surface area (Å²) in [5, 5.41) is 17.1. The van der Waals surface area contributed by atoms with Gasteiger partial charge in [0.05, 0.1) is 5.39 Å². The van der Waals surface area contributed by atoms with Crippen molar-refractivity contribution < 1.29 is 4.79 Å². The number of fused-ring (bicyclic) bond motifs is 3. The van der Waals surface area contributed by atoms with Crippen molar-refractivity contribution in [2.75, 3.05) is 10.6 Å². The van der Waals surface area contributed by atoms with E-state index in [9.17, 15) is 4.79 Å². The molecule has 0 radical (unpaired) electrons. The average molecular weight is 475 g/mol. The second kappa shape index (κ2) is 8.68. The highest BCUT2D eigenvalue weighted by Crippen LogP contribution is 2.36. The molecule has 2 aliphatic rings. The predicted octanol–water partition coefficient (Wildman–Crippen LogP) is 4.50. The molecule has 0 unspecified atom stereocenters. The molecular formula is C24H26N8OS. The number of aryl methyl sites for hydroxylation is 1. The smallest absolute Gasteiger partial charge is 0.272 e. The number of H-pyrrole nitrogens is 1. The first-order valence-electron chi connectivity index (χ1n) is 11.7. The molecule has 0 aliphatic carbocycles. The molecule has 4 aromatic rings. The van der Waals surface area contributed by atoms with Crippen molar-refractivity contribution in [3.63, 3.8) is 0 Å². The van der Waals surface area contributed by atoms with Crippen LogP contribution in [0.1, 0.15) is 48.3 Å². The van der Waals surface area contributed by atoms with Crippen LogP contribution in [0.3, 0.4) is 0 Å². The number of thiophene rings is 1. The van der Waals surface area contributed by atoms with Crippen molar-refractivity contribution in [3.8, 4) is 0 Å². The van der Waals surface area contributed by atoms with Crippen LogP contribution in [0.25, 0.3) is 10.2 Å². The summed E-state index contributed by atoms with van der Waals surface area (Å²) in [4.78, 5) is 30.1. The topological polar surface area (TPSA) is 112 Å². The molecule has 2 bridgehead atoms. The number of nitrogens with zero attached hydrogens (tertiary/aromatic N) is 5. The molecule has 174 valence electrons. The molecule has 4 aromatic heterocycles. The first kappa shape index (κ1) is 21.0. The Morgan fingerprint density at radius 1 is 1.18 bits per heavy atom. The van der Waals surface area contributed by atoms with Gasteiger partial charge in [-0.05, 0) is 62.6 Å². The van der Waals surface area contributed by atoms with E-state index in [4.69, 9.17) is 9.97 Å². The lowest BCUT2D eigenvalue weighted by atomic mass is 9.81. The first-order valence-corrected chi connectivity index (χ1v) is 12.6. The van der Waals surface area contributed by atoms with Crippen LogP contribution in [0.4, 0.5) is 17.6 Å². The van der Waals surface area contributed by atoms with Crippen molar-refractivity contribution in [2.45, 2.75) is 57.2 Å². The predicted molar refractivity (Wildman–Crippen MR) is 133 cm³/mol. The zero-order valence-electron chi connectivity index (χ0n) is 18.9. The molecule has 0 saturated carbocycles. The molecule has 2 saturated heterocycles. The maximum atomic E-state index is 13.2. The Labute approximate surface area is 201 Å². The number of anilines is 3. The van der Waals surface area contributed by atoms with Crippen LogP contribution in [-0.2, 0) is 0 Å². The molecule has 2 fully saturated rings. The van der Waals surface area contributed by atoms with Crippen LogP contribution in [0.15, 0.2) is 41.9 Å². The Balaban J connectivity index is 1.22. The van der Waals surface area contributed by atoms with Crippen molar-refractivity contribution >= 4 is 45.0 Å². The molecule has 10 heteroatoms. The minimum Gasteiger partial charge on any atom is -0.351 e. The van der Waals surface area contributed by atoms with Gasteiger partial charge >= 0.3 is 0 Å². The van der Waals surface area contributed by atoms with Crippen LogP contribution in [0.5, 0.6) is 0 Å². The molecule has 34 heavy (non-hydrogen) atoms. The number of nitrogens with one attached hydrogen (secondary N) is 3. The van der Waals surface area contributed by atoms with Crippen molar-refractivity contribution in [3.05, 3.63) is 53.3 Å². The lowest BCUT2D eigenvalue weighted by Gasteiger charge is -2.48. The number of aromatic nitrogens is 5. The zero-order valence-corrected chi connectivity index (χ0v) is 19.7. The summed E-state index contributed by atoms with van der Waals surface area (Å²) in [6, 6.07) is 10.1. The molecular weight excluding hydrogens is 448 g/mol. The Morgan fingerprint density at radius 3 is 2.76 bits per heavy atom. The van der Waals surface area contributed by atoms with Crippen LogP contribution in [-0.4, -0.2) is 54.1 Å². The van der Waals surface area contributed by atoms with Crippen LogP contribution < -0.4 is 10.6 Å². The number of aromatic amines is 1. The summed E-state index contributed by atoms with van der Waals surface area (Å²) in [5.74, 6) is 2.12. The standard InChI is InChI=1S/C24H26N8OS/c1-14-11-20(31-30-14)27-21-18-8-10-34-22(18)29-24(28-21)26-15-12-16-5-4-6-17(13-15)32(16)23(33)19-7-2-3-9-25-19/h2-3,7-11,15-17H,4-6,12-13H2,1H3,(H3,26,27,28,29,30,31)/t15-,16-,17+. The van der Waals surface area contributed by atoms with Gasteiger partial charge in [-0.15, -0.1) is 11.3 Å². The van der Waals surface area contributed by atoms with Gasteiger partial charge < -0.3 is 15.5 Å². The number of carbonyl (C=O) groups excluding carboxylic acids is 1. The molecule has 0 aromatic carbocycles. The van der Waals surface area contributed by atoms with Crippen LogP contribution in [0, 0.1) is 6.92 Å². The van der Waals surface area contributed by atoms with Crippen LogP contribution >= 0.6 is 11.3 Å². The molecule has 1 amide bonds. The van der Waals surface area contributed by atoms with Crippen LogP contribution in [0.2, 0.25) is 0 Å². The Hall–Kier alpha value is -3.53. The number of hydrogen-bond donors (Lipinski definition) is 3. The van der Waals surface area contributed by atoms with Gasteiger partial charge in [-0.3, -0.25) is 14.9 Å². The second-order valence-electron chi connectivity index (χ2n) is 9.08. The summed E-state index contributed by atoms with van der Waals surface area (Å²) >= 11 is 1.59. The van der Waals surface area contributed by atoms with E-state index in [1.54, 1.807) is 17.5 Å². The number of hydrogen-bond acceptors (Lipinski definition) is 8. The van der Waals surface area contributed by atoms with E-state index in [2.05, 4.69) is 30.7 Å². The third-order valence-corrected chi connectivity index (χ3v) is 7.51. The average Bonchev–Trinajstić information content (AvgIpc) is 3.47. The largest absolute Gasteiger partial charge is 0.351 e. The summed E-state index contributed by atoms with van der Waals surface area (Å²) in [6.07, 6.45) is 6.63. The van der Waals surface area contributed by atoms with E-state index in [1.807, 2.05) is 42.6 Å². The lowest BCUT2D eigenvalue weighted by molar-refractivity contribution is 0.0253. The third kappa shape index (κ3) is 3.98. The summed E-state index contributed by atoms with van der Waals surface area (Å²) in [6.45, 7) is 1.97. The number of piperidine rings is 2. The third-order valence-electron chi connectivity index (χ3n) is 6.70. The lowest BCUT2D eigenvalue weighted by Crippen LogP contribution is -2.57. The van der Waals surface area contributed by atoms with Crippen molar-refractivity contribution in [1.29, 1.82) is 0 Å². The fourth-order valence-electron chi connectivity index (χ4n) is 5.25. The van der Waals surface area contributed by atoms with E-state index in [1.165, 1.54) is 0 Å². The van der Waals surface area contributed by atoms with E-state index >= 15 is 0 Å². The molecule has 3 N–H and O–H groups in total. The van der Waals surface area contributed by atoms with Gasteiger partial charge in [-0.2, -0.15) is 10.1 Å². The maximum Gasteiger partial charge on any atom is 0.272 e. The van der Waals surface area contributed by atoms with Gasteiger partial charge in [0, 0.05) is 36.1 Å². The molecule has 3 atom stereocenters. The van der Waals surface area contributed by atoms with E-state index in [0.717, 1.165) is 59.7 Å². The highest BCUT2D eigenvalue weighted by Gasteiger charge is 2.41. The van der Waals surface area contributed by atoms with Gasteiger partial charge in [0.15, 0.2) is 5.82 Å². The SMILES string of the molecule is Cc1cc(Nc2nc(N[C@@H]3C[C@H]4CCC[C@@H](C3)N4C(=O)c3ccccn3)nc3sccc23)n[nH]1. The van der Waals surface area contributed by atoms with Gasteiger partial charge in [-0.1, -0.05) is 6.07 Å². The molecule has 6 rings (SSSR count). The molecule has 9 nitrogen and oxygen atoms in total. The Morgan fingerprint density at radius 2 is 2.03 bits per heavy atom. The summed E-state index contributed by atoms with van der Waals surface area (Å²) in [5.41, 5.74) is 1.51. The second-order valence-corrected chi connectivity index (χ2v) is 9.97. The quantitative estimate of drug-likeness (QED) is 0.390. The van der Waals surface area contributed by atoms with Gasteiger partial charge in [0.25, 0.3) is 5.91 Å². The Kier molecular flexibility index (Phi) is 5.37. The normalized spacial score (nSPS) is 22.0. The van der Waals surface area contributed by atoms with E-state index < -0.39 is 0 Å². The fraction of sp³-hybridized carbons (Fsp3) is 0.375.